The number of rotatable bonds is 8. The normalized spacial score (nSPS) is 11.2. The summed E-state index contributed by atoms with van der Waals surface area (Å²) in [5, 5.41) is 0.632. The van der Waals surface area contributed by atoms with E-state index in [0.29, 0.717) is 33.0 Å². The second kappa shape index (κ2) is 9.09. The standard InChI is InChI=1S/C19H22ClN3O3S2/c1-22(2)9-10-23(16(24)11-12-5-8-15(20)27-12)19-21-17-13(25-3)6-7-14(26-4)18(17)28-19/h5-8H,9-11H2,1-4H3. The second-order valence-corrected chi connectivity index (χ2v) is 9.15. The number of nitrogens with zero attached hydrogens (tertiary/aromatic N) is 3. The van der Waals surface area contributed by atoms with Crippen molar-refractivity contribution >= 4 is 55.5 Å². The van der Waals surface area contributed by atoms with Gasteiger partial charge in [-0.05, 0) is 38.4 Å². The number of halogens is 1. The number of benzene rings is 1. The van der Waals surface area contributed by atoms with E-state index in [1.165, 1.54) is 22.7 Å². The minimum absolute atomic E-state index is 0.0163. The molecule has 6 nitrogen and oxygen atoms in total. The Bertz CT molecular complexity index is 930. The molecule has 0 saturated heterocycles. The number of amides is 1. The first-order chi connectivity index (χ1) is 13.4. The third-order valence-electron chi connectivity index (χ3n) is 4.16. The van der Waals surface area contributed by atoms with Gasteiger partial charge in [0.2, 0.25) is 5.91 Å². The maximum Gasteiger partial charge on any atom is 0.234 e. The van der Waals surface area contributed by atoms with E-state index in [1.807, 2.05) is 43.3 Å². The van der Waals surface area contributed by atoms with Crippen LogP contribution < -0.4 is 14.4 Å². The van der Waals surface area contributed by atoms with Crippen LogP contribution in [0.25, 0.3) is 10.2 Å². The first kappa shape index (κ1) is 20.9. The summed E-state index contributed by atoms with van der Waals surface area (Å²) in [6.45, 7) is 1.26. The number of ether oxygens (including phenoxy) is 2. The van der Waals surface area contributed by atoms with Crippen LogP contribution in [-0.4, -0.2) is 57.2 Å². The molecule has 2 aromatic heterocycles. The molecule has 0 saturated carbocycles. The molecule has 1 aromatic carbocycles. The van der Waals surface area contributed by atoms with Gasteiger partial charge in [0.25, 0.3) is 0 Å². The van der Waals surface area contributed by atoms with E-state index in [0.717, 1.165) is 16.1 Å². The highest BCUT2D eigenvalue weighted by molar-refractivity contribution is 7.22. The van der Waals surface area contributed by atoms with Gasteiger partial charge in [-0.1, -0.05) is 22.9 Å². The molecule has 150 valence electrons. The van der Waals surface area contributed by atoms with Crippen molar-refractivity contribution in [3.63, 3.8) is 0 Å². The number of hydrogen-bond donors (Lipinski definition) is 0. The first-order valence-corrected chi connectivity index (χ1v) is 10.6. The molecule has 0 fully saturated rings. The predicted octanol–water partition coefficient (Wildman–Crippen LogP) is 4.17. The summed E-state index contributed by atoms with van der Waals surface area (Å²) in [6.07, 6.45) is 0.287. The molecule has 3 aromatic rings. The molecule has 0 radical (unpaired) electrons. The SMILES string of the molecule is COc1ccc(OC)c2sc(N(CCN(C)C)C(=O)Cc3ccc(Cl)s3)nc12. The maximum atomic E-state index is 13.1. The Labute approximate surface area is 177 Å². The van der Waals surface area contributed by atoms with Gasteiger partial charge in [-0.3, -0.25) is 9.69 Å². The number of carbonyl (C=O) groups excluding carboxylic acids is 1. The summed E-state index contributed by atoms with van der Waals surface area (Å²) in [6, 6.07) is 7.37. The van der Waals surface area contributed by atoms with Crippen LogP contribution in [0.5, 0.6) is 11.5 Å². The van der Waals surface area contributed by atoms with Crippen LogP contribution in [0.3, 0.4) is 0 Å². The van der Waals surface area contributed by atoms with Gasteiger partial charge in [0.15, 0.2) is 5.13 Å². The Hall–Kier alpha value is -1.87. The fourth-order valence-electron chi connectivity index (χ4n) is 2.71. The fourth-order valence-corrected chi connectivity index (χ4v) is 4.90. The Morgan fingerprint density at radius 2 is 1.79 bits per heavy atom. The second-order valence-electron chi connectivity index (χ2n) is 6.38. The highest BCUT2D eigenvalue weighted by atomic mass is 35.5. The smallest absolute Gasteiger partial charge is 0.234 e. The van der Waals surface area contributed by atoms with Crippen molar-refractivity contribution in [1.82, 2.24) is 9.88 Å². The summed E-state index contributed by atoms with van der Waals surface area (Å²) in [4.78, 5) is 22.5. The van der Waals surface area contributed by atoms with E-state index in [4.69, 9.17) is 26.1 Å². The van der Waals surface area contributed by atoms with Gasteiger partial charge < -0.3 is 14.4 Å². The molecule has 0 spiro atoms. The first-order valence-electron chi connectivity index (χ1n) is 8.63. The number of likely N-dealkylation sites (N-methyl/N-ethyl adjacent to an activating group) is 1. The van der Waals surface area contributed by atoms with E-state index in [-0.39, 0.29) is 12.3 Å². The molecule has 0 aliphatic carbocycles. The van der Waals surface area contributed by atoms with Crippen molar-refractivity contribution in [2.75, 3.05) is 46.3 Å². The van der Waals surface area contributed by atoms with Crippen LogP contribution in [-0.2, 0) is 11.2 Å². The molecule has 0 aliphatic heterocycles. The van der Waals surface area contributed by atoms with Gasteiger partial charge in [0, 0.05) is 18.0 Å². The van der Waals surface area contributed by atoms with Crippen LogP contribution in [0.15, 0.2) is 24.3 Å². The lowest BCUT2D eigenvalue weighted by atomic mass is 10.3. The van der Waals surface area contributed by atoms with Crippen LogP contribution in [0.1, 0.15) is 4.88 Å². The molecule has 28 heavy (non-hydrogen) atoms. The van der Waals surface area contributed by atoms with Gasteiger partial charge in [-0.15, -0.1) is 11.3 Å². The molecule has 9 heteroatoms. The highest BCUT2D eigenvalue weighted by Crippen LogP contribution is 2.40. The Kier molecular flexibility index (Phi) is 6.77. The van der Waals surface area contributed by atoms with Crippen molar-refractivity contribution in [1.29, 1.82) is 0 Å². The highest BCUT2D eigenvalue weighted by Gasteiger charge is 2.23. The molecular formula is C19H22ClN3O3S2. The number of thiophene rings is 1. The van der Waals surface area contributed by atoms with Gasteiger partial charge in [0.05, 0.1) is 25.0 Å². The largest absolute Gasteiger partial charge is 0.495 e. The molecule has 0 unspecified atom stereocenters. The predicted molar refractivity (Wildman–Crippen MR) is 117 cm³/mol. The quantitative estimate of drug-likeness (QED) is 0.527. The molecule has 0 N–H and O–H groups in total. The molecule has 0 bridgehead atoms. The molecule has 0 atom stereocenters. The van der Waals surface area contributed by atoms with Crippen molar-refractivity contribution in [2.24, 2.45) is 0 Å². The van der Waals surface area contributed by atoms with Crippen LogP contribution >= 0.6 is 34.3 Å². The Morgan fingerprint density at radius 3 is 2.39 bits per heavy atom. The van der Waals surface area contributed by atoms with Crippen molar-refractivity contribution in [3.8, 4) is 11.5 Å². The molecule has 2 heterocycles. The summed E-state index contributed by atoms with van der Waals surface area (Å²) in [7, 11) is 7.18. The van der Waals surface area contributed by atoms with Crippen molar-refractivity contribution in [2.45, 2.75) is 6.42 Å². The summed E-state index contributed by atoms with van der Waals surface area (Å²) >= 11 is 8.86. The average molecular weight is 440 g/mol. The number of methoxy groups -OCH3 is 2. The third kappa shape index (κ3) is 4.57. The Morgan fingerprint density at radius 1 is 1.07 bits per heavy atom. The molecular weight excluding hydrogens is 418 g/mol. The van der Waals surface area contributed by atoms with Gasteiger partial charge in [-0.2, -0.15) is 0 Å². The van der Waals surface area contributed by atoms with Crippen molar-refractivity contribution in [3.05, 3.63) is 33.5 Å². The monoisotopic (exact) mass is 439 g/mol. The zero-order chi connectivity index (χ0) is 20.3. The average Bonchev–Trinajstić information content (AvgIpc) is 3.27. The maximum absolute atomic E-state index is 13.1. The fraction of sp³-hybridized carbons (Fsp3) is 0.368. The third-order valence-corrected chi connectivity index (χ3v) is 6.48. The summed E-state index contributed by atoms with van der Waals surface area (Å²) < 4.78 is 12.4. The lowest BCUT2D eigenvalue weighted by Crippen LogP contribution is -2.37. The van der Waals surface area contributed by atoms with Crippen LogP contribution in [0.4, 0.5) is 5.13 Å². The number of hydrogen-bond acceptors (Lipinski definition) is 7. The van der Waals surface area contributed by atoms with Gasteiger partial charge >= 0.3 is 0 Å². The van der Waals surface area contributed by atoms with Crippen molar-refractivity contribution < 1.29 is 14.3 Å². The number of carbonyl (C=O) groups is 1. The minimum Gasteiger partial charge on any atom is -0.495 e. The number of fused-ring (bicyclic) bond motifs is 1. The lowest BCUT2D eigenvalue weighted by molar-refractivity contribution is -0.118. The zero-order valence-corrected chi connectivity index (χ0v) is 18.6. The van der Waals surface area contributed by atoms with E-state index in [9.17, 15) is 4.79 Å². The zero-order valence-electron chi connectivity index (χ0n) is 16.2. The minimum atomic E-state index is -0.0163. The van der Waals surface area contributed by atoms with E-state index in [2.05, 4.69) is 0 Å². The summed E-state index contributed by atoms with van der Waals surface area (Å²) in [5.41, 5.74) is 0.698. The van der Waals surface area contributed by atoms with E-state index < -0.39 is 0 Å². The number of anilines is 1. The molecule has 3 rings (SSSR count). The lowest BCUT2D eigenvalue weighted by Gasteiger charge is -2.21. The topological polar surface area (TPSA) is 54.9 Å². The summed E-state index contributed by atoms with van der Waals surface area (Å²) in [5.74, 6) is 1.35. The van der Waals surface area contributed by atoms with Gasteiger partial charge in [-0.25, -0.2) is 4.98 Å². The van der Waals surface area contributed by atoms with E-state index >= 15 is 0 Å². The van der Waals surface area contributed by atoms with E-state index in [1.54, 1.807) is 19.1 Å². The van der Waals surface area contributed by atoms with Crippen LogP contribution in [0.2, 0.25) is 4.34 Å². The number of thiazole rings is 1. The van der Waals surface area contributed by atoms with Gasteiger partial charge in [0.1, 0.15) is 21.7 Å². The Balaban J connectivity index is 1.98. The van der Waals surface area contributed by atoms with Crippen LogP contribution in [0, 0.1) is 0 Å². The number of aromatic nitrogens is 1. The molecule has 0 aliphatic rings. The molecule has 1 amide bonds.